The Labute approximate surface area is 245 Å². The average Bonchev–Trinajstić information content (AvgIpc) is 3.30. The molecule has 0 saturated carbocycles. The van der Waals surface area contributed by atoms with Crippen LogP contribution in [0.15, 0.2) is 36.4 Å². The van der Waals surface area contributed by atoms with Crippen LogP contribution in [0.5, 0.6) is 11.5 Å². The second-order valence-corrected chi connectivity index (χ2v) is 12.1. The van der Waals surface area contributed by atoms with Crippen LogP contribution in [0, 0.1) is 11.8 Å². The van der Waals surface area contributed by atoms with Crippen molar-refractivity contribution < 1.29 is 28.7 Å². The number of rotatable bonds is 6. The molecule has 0 spiro atoms. The third-order valence-electron chi connectivity index (χ3n) is 9.81. The number of benzene rings is 2. The molecule has 42 heavy (non-hydrogen) atoms. The Morgan fingerprint density at radius 1 is 0.976 bits per heavy atom. The summed E-state index contributed by atoms with van der Waals surface area (Å²) in [6, 6.07) is 11.0. The number of nitrogens with zero attached hydrogens (tertiary/aromatic N) is 4. The number of methoxy groups -OCH3 is 2. The van der Waals surface area contributed by atoms with Crippen molar-refractivity contribution in [2.75, 3.05) is 45.3 Å². The summed E-state index contributed by atoms with van der Waals surface area (Å²) in [5.41, 5.74) is 2.10. The van der Waals surface area contributed by atoms with Gasteiger partial charge in [0.1, 0.15) is 6.17 Å². The summed E-state index contributed by atoms with van der Waals surface area (Å²) in [5.74, 6) is 1.42. The van der Waals surface area contributed by atoms with Gasteiger partial charge >= 0.3 is 0 Å². The number of fused-ring (bicyclic) bond motifs is 9. The number of carbonyl (C=O) groups is 4. The van der Waals surface area contributed by atoms with E-state index < -0.39 is 6.17 Å². The maximum absolute atomic E-state index is 13.9. The fraction of sp³-hybridized carbons (Fsp3) is 0.500. The molecule has 5 heterocycles. The number of hydrogen-bond donors (Lipinski definition) is 0. The predicted molar refractivity (Wildman–Crippen MR) is 153 cm³/mol. The highest BCUT2D eigenvalue weighted by Crippen LogP contribution is 2.49. The second-order valence-electron chi connectivity index (χ2n) is 12.1. The lowest BCUT2D eigenvalue weighted by atomic mass is 9.76. The lowest BCUT2D eigenvalue weighted by molar-refractivity contribution is -0.148. The molecule has 0 aliphatic carbocycles. The molecule has 0 radical (unpaired) electrons. The first kappa shape index (κ1) is 26.8. The second kappa shape index (κ2) is 10.3. The van der Waals surface area contributed by atoms with Gasteiger partial charge in [0.25, 0.3) is 11.8 Å². The Bertz CT molecular complexity index is 1470. The minimum Gasteiger partial charge on any atom is -0.493 e. The lowest BCUT2D eigenvalue weighted by Gasteiger charge is -2.52. The van der Waals surface area contributed by atoms with E-state index in [9.17, 15) is 19.2 Å². The van der Waals surface area contributed by atoms with Crippen molar-refractivity contribution in [3.05, 3.63) is 53.1 Å². The Morgan fingerprint density at radius 3 is 2.62 bits per heavy atom. The van der Waals surface area contributed by atoms with Crippen LogP contribution in [0.3, 0.4) is 0 Å². The SMILES string of the molecule is COc1ccc2c(c1OC)C(=O)N1c3ccccc3C(=O)N(CCCC(=O)N3C[C@H]4C[C@@H](C3)C3CCCC(=O)N3C4)C21. The highest BCUT2D eigenvalue weighted by atomic mass is 16.5. The van der Waals surface area contributed by atoms with Gasteiger partial charge in [-0.2, -0.15) is 0 Å². The number of hydrogen-bond acceptors (Lipinski definition) is 6. The minimum absolute atomic E-state index is 0.0938. The molecular weight excluding hydrogens is 536 g/mol. The molecule has 0 N–H and O–H groups in total. The molecule has 2 bridgehead atoms. The van der Waals surface area contributed by atoms with E-state index in [2.05, 4.69) is 4.90 Å². The van der Waals surface area contributed by atoms with Gasteiger partial charge in [-0.1, -0.05) is 18.2 Å². The summed E-state index contributed by atoms with van der Waals surface area (Å²) in [5, 5.41) is 0. The van der Waals surface area contributed by atoms with Gasteiger partial charge in [-0.25, -0.2) is 0 Å². The van der Waals surface area contributed by atoms with Gasteiger partial charge in [0.05, 0.1) is 31.0 Å². The molecule has 10 heteroatoms. The van der Waals surface area contributed by atoms with Crippen LogP contribution in [-0.4, -0.2) is 84.8 Å². The summed E-state index contributed by atoms with van der Waals surface area (Å²) in [6.07, 6.45) is 3.86. The Morgan fingerprint density at radius 2 is 1.81 bits per heavy atom. The normalized spacial score (nSPS) is 26.0. The van der Waals surface area contributed by atoms with Crippen LogP contribution in [0.25, 0.3) is 0 Å². The molecule has 2 aromatic carbocycles. The molecular formula is C32H36N4O6. The summed E-state index contributed by atoms with van der Waals surface area (Å²) in [7, 11) is 3.03. The number of piperidine rings is 3. The molecule has 7 rings (SSSR count). The van der Waals surface area contributed by atoms with Crippen LogP contribution in [0.2, 0.25) is 0 Å². The van der Waals surface area contributed by atoms with Crippen molar-refractivity contribution in [1.82, 2.24) is 14.7 Å². The molecule has 3 fully saturated rings. The van der Waals surface area contributed by atoms with Crippen molar-refractivity contribution in [2.45, 2.75) is 50.7 Å². The largest absolute Gasteiger partial charge is 0.493 e. The van der Waals surface area contributed by atoms with E-state index in [1.54, 1.807) is 34.1 Å². The molecule has 0 aromatic heterocycles. The van der Waals surface area contributed by atoms with E-state index >= 15 is 0 Å². The fourth-order valence-corrected chi connectivity index (χ4v) is 8.02. The number of carbonyl (C=O) groups excluding carboxylic acids is 4. The Balaban J connectivity index is 1.10. The average molecular weight is 573 g/mol. The van der Waals surface area contributed by atoms with Crippen LogP contribution in [0.4, 0.5) is 5.69 Å². The van der Waals surface area contributed by atoms with E-state index in [-0.39, 0.29) is 29.7 Å². The third-order valence-corrected chi connectivity index (χ3v) is 9.81. The molecule has 3 saturated heterocycles. The maximum Gasteiger partial charge on any atom is 0.264 e. The van der Waals surface area contributed by atoms with Crippen LogP contribution >= 0.6 is 0 Å². The topological polar surface area (TPSA) is 99.7 Å². The molecule has 10 nitrogen and oxygen atoms in total. The highest BCUT2D eigenvalue weighted by molar-refractivity contribution is 6.18. The molecule has 4 atom stereocenters. The van der Waals surface area contributed by atoms with Crippen molar-refractivity contribution >= 4 is 29.3 Å². The van der Waals surface area contributed by atoms with Crippen molar-refractivity contribution in [3.63, 3.8) is 0 Å². The number of anilines is 1. The summed E-state index contributed by atoms with van der Waals surface area (Å²) < 4.78 is 11.1. The van der Waals surface area contributed by atoms with E-state index in [0.29, 0.717) is 84.6 Å². The van der Waals surface area contributed by atoms with Gasteiger partial charge in [-0.05, 0) is 55.7 Å². The molecule has 5 aliphatic rings. The van der Waals surface area contributed by atoms with E-state index in [1.165, 1.54) is 14.2 Å². The van der Waals surface area contributed by atoms with E-state index in [0.717, 1.165) is 25.8 Å². The van der Waals surface area contributed by atoms with Gasteiger partial charge in [0, 0.05) is 50.6 Å². The minimum atomic E-state index is -0.631. The van der Waals surface area contributed by atoms with Crippen LogP contribution < -0.4 is 14.4 Å². The molecule has 5 aliphatic heterocycles. The summed E-state index contributed by atoms with van der Waals surface area (Å²) >= 11 is 0. The van der Waals surface area contributed by atoms with Gasteiger partial charge in [-0.15, -0.1) is 0 Å². The molecule has 4 amide bonds. The summed E-state index contributed by atoms with van der Waals surface area (Å²) in [6.45, 7) is 2.46. The molecule has 2 aromatic rings. The quantitative estimate of drug-likeness (QED) is 0.526. The number of ether oxygens (including phenoxy) is 2. The highest BCUT2D eigenvalue weighted by Gasteiger charge is 2.50. The number of para-hydroxylation sites is 1. The van der Waals surface area contributed by atoms with Crippen molar-refractivity contribution in [1.29, 1.82) is 0 Å². The van der Waals surface area contributed by atoms with Gasteiger partial charge in [0.15, 0.2) is 11.5 Å². The van der Waals surface area contributed by atoms with E-state index in [1.807, 2.05) is 17.0 Å². The third kappa shape index (κ3) is 4.06. The zero-order valence-corrected chi connectivity index (χ0v) is 24.1. The first-order valence-electron chi connectivity index (χ1n) is 15.0. The standard InChI is InChI=1S/C32H36N4O6/c1-41-25-13-12-22-28(29(25)42-2)32(40)36-24-8-4-3-7-21(24)31(39)34(30(22)36)14-6-11-26(37)33-16-19-15-20(18-33)23-9-5-10-27(38)35(23)17-19/h3-4,7-8,12-13,19-20,23,30H,5-6,9-11,14-18H2,1-2H3/t19-,20+,23?,30?/m1/s1. The van der Waals surface area contributed by atoms with Gasteiger partial charge < -0.3 is 24.2 Å². The predicted octanol–water partition coefficient (Wildman–Crippen LogP) is 3.46. The van der Waals surface area contributed by atoms with Crippen molar-refractivity contribution in [2.24, 2.45) is 11.8 Å². The molecule has 2 unspecified atom stereocenters. The zero-order valence-electron chi connectivity index (χ0n) is 24.1. The number of likely N-dealkylation sites (tertiary alicyclic amines) is 1. The first-order valence-corrected chi connectivity index (χ1v) is 15.0. The van der Waals surface area contributed by atoms with E-state index in [4.69, 9.17) is 9.47 Å². The van der Waals surface area contributed by atoms with Gasteiger partial charge in [-0.3, -0.25) is 24.1 Å². The first-order chi connectivity index (χ1) is 20.4. The van der Waals surface area contributed by atoms with Crippen LogP contribution in [-0.2, 0) is 9.59 Å². The van der Waals surface area contributed by atoms with Gasteiger partial charge in [0.2, 0.25) is 11.8 Å². The molecule has 220 valence electrons. The lowest BCUT2D eigenvalue weighted by Crippen LogP contribution is -2.61. The monoisotopic (exact) mass is 572 g/mol. The Hall–Kier alpha value is -4.08. The fourth-order valence-electron chi connectivity index (χ4n) is 8.02. The van der Waals surface area contributed by atoms with Crippen molar-refractivity contribution in [3.8, 4) is 11.5 Å². The maximum atomic E-state index is 13.9. The van der Waals surface area contributed by atoms with Crippen LogP contribution in [0.1, 0.15) is 71.0 Å². The number of amides is 4. The zero-order chi connectivity index (χ0) is 29.1. The smallest absolute Gasteiger partial charge is 0.264 e. The Kier molecular flexibility index (Phi) is 6.59. The summed E-state index contributed by atoms with van der Waals surface area (Å²) in [4.78, 5) is 61.1.